The standard InChI is InChI=1S/C10H14N2O2/c1-7(13)8-5-10(14-2)9-6-11-3-4-12(8)9/h5,11H,3-4,6H2,1-2H3. The lowest BCUT2D eigenvalue weighted by atomic mass is 10.3. The van der Waals surface area contributed by atoms with Crippen molar-refractivity contribution in [3.05, 3.63) is 17.5 Å². The van der Waals surface area contributed by atoms with Gasteiger partial charge in [0.05, 0.1) is 18.5 Å². The summed E-state index contributed by atoms with van der Waals surface area (Å²) in [5.74, 6) is 0.902. The van der Waals surface area contributed by atoms with E-state index >= 15 is 0 Å². The molecule has 2 rings (SSSR count). The first-order valence-electron chi connectivity index (χ1n) is 4.72. The van der Waals surface area contributed by atoms with E-state index in [0.29, 0.717) is 0 Å². The van der Waals surface area contributed by atoms with Gasteiger partial charge in [-0.2, -0.15) is 0 Å². The number of nitrogens with one attached hydrogen (secondary N) is 1. The van der Waals surface area contributed by atoms with Crippen LogP contribution in [0.25, 0.3) is 0 Å². The van der Waals surface area contributed by atoms with Crippen LogP contribution in [0.1, 0.15) is 23.1 Å². The highest BCUT2D eigenvalue weighted by Gasteiger charge is 2.20. The Hall–Kier alpha value is -1.29. The molecule has 76 valence electrons. The summed E-state index contributed by atoms with van der Waals surface area (Å²) in [6.45, 7) is 4.11. The highest BCUT2D eigenvalue weighted by atomic mass is 16.5. The van der Waals surface area contributed by atoms with E-state index < -0.39 is 0 Å². The SMILES string of the molecule is COc1cc(C(C)=O)n2c1CNCC2. The van der Waals surface area contributed by atoms with Crippen LogP contribution in [-0.4, -0.2) is 24.0 Å². The number of carbonyl (C=O) groups is 1. The van der Waals surface area contributed by atoms with Gasteiger partial charge < -0.3 is 14.6 Å². The first-order valence-corrected chi connectivity index (χ1v) is 4.72. The molecule has 1 aromatic heterocycles. The Balaban J connectivity index is 2.52. The van der Waals surface area contributed by atoms with E-state index in [4.69, 9.17) is 4.74 Å². The fourth-order valence-electron chi connectivity index (χ4n) is 1.87. The minimum absolute atomic E-state index is 0.0939. The fraction of sp³-hybridized carbons (Fsp3) is 0.500. The Morgan fingerprint density at radius 2 is 2.43 bits per heavy atom. The molecule has 0 saturated heterocycles. The largest absolute Gasteiger partial charge is 0.495 e. The van der Waals surface area contributed by atoms with Crippen LogP contribution in [0.5, 0.6) is 5.75 Å². The number of nitrogens with zero attached hydrogens (tertiary/aromatic N) is 1. The number of Topliss-reactive ketones (excluding diaryl/α,β-unsaturated/α-hetero) is 1. The van der Waals surface area contributed by atoms with Crippen LogP contribution in [0, 0.1) is 0 Å². The second kappa shape index (κ2) is 3.46. The molecule has 0 fully saturated rings. The zero-order valence-corrected chi connectivity index (χ0v) is 8.46. The number of ketones is 1. The van der Waals surface area contributed by atoms with Gasteiger partial charge in [0.1, 0.15) is 5.75 Å². The molecule has 0 bridgehead atoms. The summed E-state index contributed by atoms with van der Waals surface area (Å²) in [4.78, 5) is 11.3. The lowest BCUT2D eigenvalue weighted by Crippen LogP contribution is -2.29. The molecule has 1 N–H and O–H groups in total. The van der Waals surface area contributed by atoms with E-state index in [0.717, 1.165) is 36.8 Å². The lowest BCUT2D eigenvalue weighted by Gasteiger charge is -2.18. The van der Waals surface area contributed by atoms with Gasteiger partial charge in [-0.3, -0.25) is 4.79 Å². The summed E-state index contributed by atoms with van der Waals surface area (Å²) in [7, 11) is 1.63. The van der Waals surface area contributed by atoms with Crippen LogP contribution in [0.3, 0.4) is 0 Å². The molecule has 4 heteroatoms. The number of aromatic nitrogens is 1. The van der Waals surface area contributed by atoms with Gasteiger partial charge in [-0.05, 0) is 0 Å². The monoisotopic (exact) mass is 194 g/mol. The molecule has 0 atom stereocenters. The average molecular weight is 194 g/mol. The van der Waals surface area contributed by atoms with Crippen LogP contribution in [0.15, 0.2) is 6.07 Å². The van der Waals surface area contributed by atoms with Crippen molar-refractivity contribution in [2.45, 2.75) is 20.0 Å². The van der Waals surface area contributed by atoms with E-state index in [1.165, 1.54) is 0 Å². The molecule has 4 nitrogen and oxygen atoms in total. The summed E-state index contributed by atoms with van der Waals surface area (Å²) in [6, 6.07) is 1.82. The van der Waals surface area contributed by atoms with Gasteiger partial charge in [-0.25, -0.2) is 0 Å². The maximum atomic E-state index is 11.3. The Kier molecular flexibility index (Phi) is 2.29. The number of fused-ring (bicyclic) bond motifs is 1. The molecule has 0 unspecified atom stereocenters. The van der Waals surface area contributed by atoms with Crippen LogP contribution >= 0.6 is 0 Å². The van der Waals surface area contributed by atoms with Crippen molar-refractivity contribution in [2.24, 2.45) is 0 Å². The van der Waals surface area contributed by atoms with Gasteiger partial charge in [-0.15, -0.1) is 0 Å². The summed E-state index contributed by atoms with van der Waals surface area (Å²) in [5.41, 5.74) is 1.82. The van der Waals surface area contributed by atoms with Crippen LogP contribution in [0.4, 0.5) is 0 Å². The maximum Gasteiger partial charge on any atom is 0.176 e. The second-order valence-corrected chi connectivity index (χ2v) is 3.43. The second-order valence-electron chi connectivity index (χ2n) is 3.43. The van der Waals surface area contributed by atoms with Crippen molar-refractivity contribution in [3.63, 3.8) is 0 Å². The molecule has 2 heterocycles. The molecular weight excluding hydrogens is 180 g/mol. The number of carbonyl (C=O) groups excluding carboxylic acids is 1. The molecule has 0 aromatic carbocycles. The number of methoxy groups -OCH3 is 1. The van der Waals surface area contributed by atoms with Gasteiger partial charge in [0.2, 0.25) is 0 Å². The van der Waals surface area contributed by atoms with Gasteiger partial charge >= 0.3 is 0 Å². The summed E-state index contributed by atoms with van der Waals surface area (Å²) >= 11 is 0. The Morgan fingerprint density at radius 1 is 1.64 bits per heavy atom. The molecule has 1 aliphatic rings. The molecule has 0 aliphatic carbocycles. The summed E-state index contributed by atoms with van der Waals surface area (Å²) in [6.07, 6.45) is 0. The predicted molar refractivity (Wildman–Crippen MR) is 52.7 cm³/mol. The third kappa shape index (κ3) is 1.32. The first kappa shape index (κ1) is 9.27. The molecule has 14 heavy (non-hydrogen) atoms. The topological polar surface area (TPSA) is 43.3 Å². The normalized spacial score (nSPS) is 15.0. The van der Waals surface area contributed by atoms with E-state index in [1.54, 1.807) is 14.0 Å². The average Bonchev–Trinajstić information content (AvgIpc) is 2.56. The Bertz CT molecular complexity index is 368. The van der Waals surface area contributed by atoms with E-state index in [9.17, 15) is 4.79 Å². The minimum Gasteiger partial charge on any atom is -0.495 e. The third-order valence-electron chi connectivity index (χ3n) is 2.55. The number of hydrogen-bond donors (Lipinski definition) is 1. The van der Waals surface area contributed by atoms with Crippen molar-refractivity contribution in [1.82, 2.24) is 9.88 Å². The van der Waals surface area contributed by atoms with Crippen molar-refractivity contribution in [2.75, 3.05) is 13.7 Å². The molecule has 1 aromatic rings. The number of ether oxygens (including phenoxy) is 1. The fourth-order valence-corrected chi connectivity index (χ4v) is 1.87. The molecule has 0 amide bonds. The quantitative estimate of drug-likeness (QED) is 0.708. The highest BCUT2D eigenvalue weighted by Crippen LogP contribution is 2.25. The third-order valence-corrected chi connectivity index (χ3v) is 2.55. The lowest BCUT2D eigenvalue weighted by molar-refractivity contribution is 0.100. The first-order chi connectivity index (χ1) is 6.74. The number of hydrogen-bond acceptors (Lipinski definition) is 3. The summed E-state index contributed by atoms with van der Waals surface area (Å²) in [5, 5.41) is 3.26. The Morgan fingerprint density at radius 3 is 3.07 bits per heavy atom. The van der Waals surface area contributed by atoms with E-state index in [1.807, 2.05) is 10.6 Å². The van der Waals surface area contributed by atoms with Crippen molar-refractivity contribution in [3.8, 4) is 5.75 Å². The van der Waals surface area contributed by atoms with Gasteiger partial charge in [0.15, 0.2) is 5.78 Å². The van der Waals surface area contributed by atoms with Gasteiger partial charge in [0.25, 0.3) is 0 Å². The van der Waals surface area contributed by atoms with E-state index in [-0.39, 0.29) is 5.78 Å². The van der Waals surface area contributed by atoms with E-state index in [2.05, 4.69) is 5.32 Å². The highest BCUT2D eigenvalue weighted by molar-refractivity contribution is 5.93. The molecular formula is C10H14N2O2. The van der Waals surface area contributed by atoms with Crippen molar-refractivity contribution in [1.29, 1.82) is 0 Å². The minimum atomic E-state index is 0.0939. The maximum absolute atomic E-state index is 11.3. The van der Waals surface area contributed by atoms with Crippen LogP contribution < -0.4 is 10.1 Å². The number of rotatable bonds is 2. The van der Waals surface area contributed by atoms with Gasteiger partial charge in [-0.1, -0.05) is 0 Å². The zero-order chi connectivity index (χ0) is 10.1. The molecule has 0 saturated carbocycles. The van der Waals surface area contributed by atoms with Gasteiger partial charge in [0, 0.05) is 32.6 Å². The molecule has 0 spiro atoms. The molecule has 1 aliphatic heterocycles. The van der Waals surface area contributed by atoms with Crippen molar-refractivity contribution >= 4 is 5.78 Å². The molecule has 0 radical (unpaired) electrons. The summed E-state index contributed by atoms with van der Waals surface area (Å²) < 4.78 is 7.27. The van der Waals surface area contributed by atoms with Crippen molar-refractivity contribution < 1.29 is 9.53 Å². The predicted octanol–water partition coefficient (Wildman–Crippen LogP) is 0.802. The zero-order valence-electron chi connectivity index (χ0n) is 8.46. The smallest absolute Gasteiger partial charge is 0.176 e. The Labute approximate surface area is 82.9 Å². The van der Waals surface area contributed by atoms with Crippen LogP contribution in [-0.2, 0) is 13.1 Å². The van der Waals surface area contributed by atoms with Crippen LogP contribution in [0.2, 0.25) is 0 Å².